The molecule has 2 rings (SSSR count). The molecule has 1 heterocycles. The fraction of sp³-hybridized carbons (Fsp3) is 0.476. The van der Waals surface area contributed by atoms with Crippen molar-refractivity contribution >= 4 is 30.0 Å². The van der Waals surface area contributed by atoms with Crippen molar-refractivity contribution in [1.29, 1.82) is 0 Å². The number of amides is 3. The molecule has 1 unspecified atom stereocenters. The number of aldehydes is 1. The number of rotatable bonds is 10. The predicted octanol–water partition coefficient (Wildman–Crippen LogP) is -0.0195. The summed E-state index contributed by atoms with van der Waals surface area (Å²) in [5.74, 6) is -2.39. The van der Waals surface area contributed by atoms with Crippen molar-refractivity contribution in [3.63, 3.8) is 0 Å². The van der Waals surface area contributed by atoms with Crippen LogP contribution in [0.25, 0.3) is 0 Å². The Bertz CT molecular complexity index is 810. The van der Waals surface area contributed by atoms with Crippen LogP contribution in [0.1, 0.15) is 37.7 Å². The third-order valence-electron chi connectivity index (χ3n) is 4.93. The Balaban J connectivity index is 1.88. The lowest BCUT2D eigenvalue weighted by molar-refractivity contribution is -0.140. The number of aryl methyl sites for hydroxylation is 1. The number of benzene rings is 1. The lowest BCUT2D eigenvalue weighted by atomic mass is 10.1. The standard InChI is InChI=1S/C21H27N3O7/c25-13-15(11-20(29)30)22-19(28)12-24-10-2-1-3-17(21(24)31)23-18(27)9-6-14-4-7-16(26)8-5-14/h4-5,7-8,13,15,17,26H,1-3,6,9-12H2,(H,22,28)(H,23,27)(H,29,30)/t15?,17-/m0/s1. The topological polar surface area (TPSA) is 153 Å². The molecular weight excluding hydrogens is 406 g/mol. The van der Waals surface area contributed by atoms with Crippen molar-refractivity contribution < 1.29 is 34.2 Å². The van der Waals surface area contributed by atoms with Gasteiger partial charge in [0.25, 0.3) is 0 Å². The highest BCUT2D eigenvalue weighted by molar-refractivity contribution is 5.91. The van der Waals surface area contributed by atoms with Crippen LogP contribution in [-0.4, -0.2) is 70.3 Å². The van der Waals surface area contributed by atoms with Crippen molar-refractivity contribution in [3.05, 3.63) is 29.8 Å². The van der Waals surface area contributed by atoms with Crippen LogP contribution in [0.3, 0.4) is 0 Å². The number of hydrogen-bond acceptors (Lipinski definition) is 6. The van der Waals surface area contributed by atoms with Crippen LogP contribution in [0, 0.1) is 0 Å². The Hall–Kier alpha value is -3.43. The summed E-state index contributed by atoms with van der Waals surface area (Å²) >= 11 is 0. The van der Waals surface area contributed by atoms with Crippen LogP contribution in [0.2, 0.25) is 0 Å². The SMILES string of the molecule is O=CC(CC(=O)O)NC(=O)CN1CCCC[C@H](NC(=O)CCc2ccc(O)cc2)C1=O. The number of phenolic OH excluding ortho intramolecular Hbond substituents is 1. The van der Waals surface area contributed by atoms with Gasteiger partial charge in [0.05, 0.1) is 19.0 Å². The first-order valence-corrected chi connectivity index (χ1v) is 10.1. The smallest absolute Gasteiger partial charge is 0.305 e. The fourth-order valence-corrected chi connectivity index (χ4v) is 3.33. The van der Waals surface area contributed by atoms with Gasteiger partial charge >= 0.3 is 5.97 Å². The maximum Gasteiger partial charge on any atom is 0.305 e. The van der Waals surface area contributed by atoms with Crippen molar-refractivity contribution in [1.82, 2.24) is 15.5 Å². The number of aromatic hydroxyl groups is 1. The average Bonchev–Trinajstić information content (AvgIpc) is 2.88. The number of nitrogens with zero attached hydrogens (tertiary/aromatic N) is 1. The summed E-state index contributed by atoms with van der Waals surface area (Å²) in [4.78, 5) is 60.2. The second-order valence-electron chi connectivity index (χ2n) is 7.45. The van der Waals surface area contributed by atoms with E-state index < -0.39 is 30.4 Å². The molecule has 1 aromatic rings. The van der Waals surface area contributed by atoms with Gasteiger partial charge in [0.15, 0.2) is 0 Å². The second-order valence-corrected chi connectivity index (χ2v) is 7.45. The Morgan fingerprint density at radius 3 is 2.52 bits per heavy atom. The van der Waals surface area contributed by atoms with Crippen LogP contribution < -0.4 is 10.6 Å². The normalized spacial score (nSPS) is 17.4. The summed E-state index contributed by atoms with van der Waals surface area (Å²) in [7, 11) is 0. The molecule has 0 aliphatic carbocycles. The van der Waals surface area contributed by atoms with Gasteiger partial charge in [-0.3, -0.25) is 19.2 Å². The summed E-state index contributed by atoms with van der Waals surface area (Å²) in [5.41, 5.74) is 0.879. The van der Waals surface area contributed by atoms with E-state index in [0.717, 1.165) is 5.56 Å². The molecule has 10 heteroatoms. The Kier molecular flexibility index (Phi) is 8.98. The lowest BCUT2D eigenvalue weighted by Gasteiger charge is -2.25. The molecule has 1 aliphatic heterocycles. The average molecular weight is 433 g/mol. The van der Waals surface area contributed by atoms with E-state index >= 15 is 0 Å². The van der Waals surface area contributed by atoms with Gasteiger partial charge in [-0.1, -0.05) is 12.1 Å². The van der Waals surface area contributed by atoms with Gasteiger partial charge in [-0.05, 0) is 43.4 Å². The summed E-state index contributed by atoms with van der Waals surface area (Å²) in [6.07, 6.45) is 2.24. The fourth-order valence-electron chi connectivity index (χ4n) is 3.33. The number of aliphatic carboxylic acids is 1. The third kappa shape index (κ3) is 8.07. The summed E-state index contributed by atoms with van der Waals surface area (Å²) < 4.78 is 0. The summed E-state index contributed by atoms with van der Waals surface area (Å²) in [6.45, 7) is 0.0134. The highest BCUT2D eigenvalue weighted by Gasteiger charge is 2.29. The van der Waals surface area contributed by atoms with Gasteiger partial charge in [0, 0.05) is 13.0 Å². The van der Waals surface area contributed by atoms with E-state index in [1.807, 2.05) is 0 Å². The molecule has 168 valence electrons. The minimum atomic E-state index is -1.22. The van der Waals surface area contributed by atoms with Gasteiger partial charge in [-0.25, -0.2) is 0 Å². The number of carbonyl (C=O) groups excluding carboxylic acids is 4. The first-order chi connectivity index (χ1) is 14.8. The Morgan fingerprint density at radius 1 is 1.16 bits per heavy atom. The molecule has 1 saturated heterocycles. The molecule has 31 heavy (non-hydrogen) atoms. The monoisotopic (exact) mass is 433 g/mol. The van der Waals surface area contributed by atoms with Gasteiger partial charge < -0.3 is 30.5 Å². The van der Waals surface area contributed by atoms with E-state index in [2.05, 4.69) is 10.6 Å². The molecule has 0 spiro atoms. The Morgan fingerprint density at radius 2 is 1.87 bits per heavy atom. The number of carboxylic acids is 1. The summed E-state index contributed by atoms with van der Waals surface area (Å²) in [6, 6.07) is 4.60. The zero-order valence-corrected chi connectivity index (χ0v) is 17.1. The molecule has 4 N–H and O–H groups in total. The first-order valence-electron chi connectivity index (χ1n) is 10.1. The molecule has 0 radical (unpaired) electrons. The van der Waals surface area contributed by atoms with Gasteiger partial charge in [-0.15, -0.1) is 0 Å². The molecule has 1 aliphatic rings. The van der Waals surface area contributed by atoms with Crippen molar-refractivity contribution in [2.24, 2.45) is 0 Å². The highest BCUT2D eigenvalue weighted by atomic mass is 16.4. The molecule has 0 saturated carbocycles. The number of nitrogens with one attached hydrogen (secondary N) is 2. The molecule has 2 atom stereocenters. The minimum Gasteiger partial charge on any atom is -0.508 e. The highest BCUT2D eigenvalue weighted by Crippen LogP contribution is 2.14. The molecule has 3 amide bonds. The van der Waals surface area contributed by atoms with Crippen LogP contribution in [0.4, 0.5) is 0 Å². The van der Waals surface area contributed by atoms with Crippen molar-refractivity contribution in [2.45, 2.75) is 50.6 Å². The zero-order chi connectivity index (χ0) is 22.8. The second kappa shape index (κ2) is 11.7. The molecule has 1 fully saturated rings. The van der Waals surface area contributed by atoms with E-state index in [-0.39, 0.29) is 30.5 Å². The third-order valence-corrected chi connectivity index (χ3v) is 4.93. The van der Waals surface area contributed by atoms with E-state index in [4.69, 9.17) is 5.11 Å². The number of carbonyl (C=O) groups is 5. The maximum absolute atomic E-state index is 12.8. The summed E-state index contributed by atoms with van der Waals surface area (Å²) in [5, 5.41) is 23.1. The van der Waals surface area contributed by atoms with Crippen LogP contribution in [0.5, 0.6) is 5.75 Å². The predicted molar refractivity (Wildman–Crippen MR) is 109 cm³/mol. The number of carboxylic acid groups (broad SMARTS) is 1. The zero-order valence-electron chi connectivity index (χ0n) is 17.1. The van der Waals surface area contributed by atoms with Crippen LogP contribution >= 0.6 is 0 Å². The van der Waals surface area contributed by atoms with Gasteiger partial charge in [-0.2, -0.15) is 0 Å². The van der Waals surface area contributed by atoms with Crippen LogP contribution in [-0.2, 0) is 30.4 Å². The molecule has 0 aromatic heterocycles. The van der Waals surface area contributed by atoms with E-state index in [9.17, 15) is 29.1 Å². The lowest BCUT2D eigenvalue weighted by Crippen LogP contribution is -2.51. The number of phenols is 1. The molecular formula is C21H27N3O7. The van der Waals surface area contributed by atoms with E-state index in [1.54, 1.807) is 12.1 Å². The largest absolute Gasteiger partial charge is 0.508 e. The van der Waals surface area contributed by atoms with Gasteiger partial charge in [0.1, 0.15) is 18.1 Å². The first kappa shape index (κ1) is 23.8. The number of hydrogen-bond donors (Lipinski definition) is 4. The Labute approximate surface area is 179 Å². The minimum absolute atomic E-state index is 0.142. The maximum atomic E-state index is 12.8. The molecule has 0 bridgehead atoms. The van der Waals surface area contributed by atoms with Gasteiger partial charge in [0.2, 0.25) is 17.7 Å². The quantitative estimate of drug-likeness (QED) is 0.378. The van der Waals surface area contributed by atoms with Crippen LogP contribution in [0.15, 0.2) is 24.3 Å². The van der Waals surface area contributed by atoms with Crippen molar-refractivity contribution in [2.75, 3.05) is 13.1 Å². The molecule has 1 aromatic carbocycles. The van der Waals surface area contributed by atoms with E-state index in [0.29, 0.717) is 38.5 Å². The molecule has 10 nitrogen and oxygen atoms in total. The number of likely N-dealkylation sites (tertiary alicyclic amines) is 1. The van der Waals surface area contributed by atoms with E-state index in [1.165, 1.54) is 17.0 Å². The van der Waals surface area contributed by atoms with Crippen molar-refractivity contribution in [3.8, 4) is 5.75 Å².